The first-order chi connectivity index (χ1) is 9.01. The molecule has 5 heteroatoms. The summed E-state index contributed by atoms with van der Waals surface area (Å²) in [5.74, 6) is -1.57. The maximum Gasteiger partial charge on any atom is 0.308 e. The maximum absolute atomic E-state index is 12.4. The molecule has 1 unspecified atom stereocenters. The normalized spacial score (nSPS) is 23.6. The average molecular weight is 260 g/mol. The van der Waals surface area contributed by atoms with E-state index in [2.05, 4.69) is 0 Å². The van der Waals surface area contributed by atoms with Crippen molar-refractivity contribution >= 4 is 17.6 Å². The van der Waals surface area contributed by atoms with Crippen LogP contribution < -0.4 is 10.6 Å². The Labute approximate surface area is 111 Å². The number of para-hydroxylation sites is 1. The molecule has 19 heavy (non-hydrogen) atoms. The third-order valence-corrected chi connectivity index (χ3v) is 3.96. The van der Waals surface area contributed by atoms with E-state index in [0.29, 0.717) is 19.3 Å². The van der Waals surface area contributed by atoms with Gasteiger partial charge in [0.1, 0.15) is 0 Å². The number of benzene rings is 1. The van der Waals surface area contributed by atoms with Crippen molar-refractivity contribution in [1.82, 2.24) is 0 Å². The fraction of sp³-hybridized carbons (Fsp3) is 0.429. The maximum atomic E-state index is 12.4. The molecule has 5 nitrogen and oxygen atoms in total. The lowest BCUT2D eigenvalue weighted by Gasteiger charge is -2.34. The molecule has 1 aliphatic heterocycles. The number of carbonyl (C=O) groups is 2. The fourth-order valence-corrected chi connectivity index (χ4v) is 2.57. The molecule has 0 aromatic heterocycles. The average Bonchev–Trinajstić information content (AvgIpc) is 3.16. The van der Waals surface area contributed by atoms with Crippen LogP contribution in [0.4, 0.5) is 5.69 Å². The van der Waals surface area contributed by atoms with Gasteiger partial charge in [-0.2, -0.15) is 0 Å². The lowest BCUT2D eigenvalue weighted by Crippen LogP contribution is -2.50. The zero-order chi connectivity index (χ0) is 13.6. The Balaban J connectivity index is 1.98. The SMILES string of the molecule is NC1(C(=O)N2CC(C(=O)O)Cc3ccccc32)CC1. The Morgan fingerprint density at radius 2 is 2.00 bits per heavy atom. The molecule has 1 amide bonds. The summed E-state index contributed by atoms with van der Waals surface area (Å²) in [6.07, 6.45) is 1.83. The van der Waals surface area contributed by atoms with Crippen LogP contribution in [-0.2, 0) is 16.0 Å². The van der Waals surface area contributed by atoms with Gasteiger partial charge in [-0.1, -0.05) is 18.2 Å². The van der Waals surface area contributed by atoms with E-state index in [1.807, 2.05) is 24.3 Å². The van der Waals surface area contributed by atoms with Gasteiger partial charge in [-0.25, -0.2) is 0 Å². The lowest BCUT2D eigenvalue weighted by molar-refractivity contribution is -0.141. The number of aliphatic carboxylic acids is 1. The highest BCUT2D eigenvalue weighted by Gasteiger charge is 2.50. The van der Waals surface area contributed by atoms with E-state index in [-0.39, 0.29) is 12.5 Å². The summed E-state index contributed by atoms with van der Waals surface area (Å²) in [6.45, 7) is 0.212. The van der Waals surface area contributed by atoms with Crippen LogP contribution in [0.3, 0.4) is 0 Å². The molecule has 0 spiro atoms. The number of rotatable bonds is 2. The number of anilines is 1. The Morgan fingerprint density at radius 1 is 1.32 bits per heavy atom. The first-order valence-corrected chi connectivity index (χ1v) is 6.43. The minimum atomic E-state index is -0.867. The second-order valence-electron chi connectivity index (χ2n) is 5.44. The minimum Gasteiger partial charge on any atom is -0.481 e. The van der Waals surface area contributed by atoms with Crippen LogP contribution >= 0.6 is 0 Å². The number of carboxylic acid groups (broad SMARTS) is 1. The molecule has 100 valence electrons. The topological polar surface area (TPSA) is 83.6 Å². The summed E-state index contributed by atoms with van der Waals surface area (Å²) in [4.78, 5) is 25.2. The van der Waals surface area contributed by atoms with Crippen molar-refractivity contribution in [2.24, 2.45) is 11.7 Å². The molecule has 1 aliphatic carbocycles. The van der Waals surface area contributed by atoms with Crippen molar-refractivity contribution in [2.45, 2.75) is 24.8 Å². The van der Waals surface area contributed by atoms with Crippen LogP contribution in [-0.4, -0.2) is 29.1 Å². The van der Waals surface area contributed by atoms with Crippen LogP contribution in [0, 0.1) is 5.92 Å². The van der Waals surface area contributed by atoms with E-state index >= 15 is 0 Å². The highest BCUT2D eigenvalue weighted by atomic mass is 16.4. The smallest absolute Gasteiger partial charge is 0.308 e. The Bertz CT molecular complexity index is 551. The van der Waals surface area contributed by atoms with Gasteiger partial charge in [0.05, 0.1) is 11.5 Å². The third kappa shape index (κ3) is 2.00. The van der Waals surface area contributed by atoms with Gasteiger partial charge < -0.3 is 15.7 Å². The summed E-state index contributed by atoms with van der Waals surface area (Å²) in [7, 11) is 0. The van der Waals surface area contributed by atoms with Crippen LogP contribution in [0.15, 0.2) is 24.3 Å². The van der Waals surface area contributed by atoms with Crippen molar-refractivity contribution in [3.8, 4) is 0 Å². The quantitative estimate of drug-likeness (QED) is 0.822. The van der Waals surface area contributed by atoms with Crippen LogP contribution in [0.2, 0.25) is 0 Å². The summed E-state index contributed by atoms with van der Waals surface area (Å²) in [5, 5.41) is 9.21. The molecule has 2 aliphatic rings. The molecular formula is C14H16N2O3. The van der Waals surface area contributed by atoms with E-state index in [1.54, 1.807) is 4.90 Å². The van der Waals surface area contributed by atoms with Crippen molar-refractivity contribution in [3.05, 3.63) is 29.8 Å². The largest absolute Gasteiger partial charge is 0.481 e. The number of fused-ring (bicyclic) bond motifs is 1. The third-order valence-electron chi connectivity index (χ3n) is 3.96. The first-order valence-electron chi connectivity index (χ1n) is 6.43. The first kappa shape index (κ1) is 12.2. The molecule has 0 saturated heterocycles. The van der Waals surface area contributed by atoms with E-state index in [9.17, 15) is 14.7 Å². The minimum absolute atomic E-state index is 0.147. The molecule has 1 aromatic carbocycles. The lowest BCUT2D eigenvalue weighted by atomic mass is 9.92. The van der Waals surface area contributed by atoms with Gasteiger partial charge in [-0.3, -0.25) is 9.59 Å². The van der Waals surface area contributed by atoms with Gasteiger partial charge >= 0.3 is 5.97 Å². The second kappa shape index (κ2) is 4.06. The van der Waals surface area contributed by atoms with E-state index in [1.165, 1.54) is 0 Å². The molecule has 1 saturated carbocycles. The van der Waals surface area contributed by atoms with Crippen molar-refractivity contribution in [1.29, 1.82) is 0 Å². The zero-order valence-corrected chi connectivity index (χ0v) is 10.5. The van der Waals surface area contributed by atoms with Gasteiger partial charge in [0.15, 0.2) is 0 Å². The van der Waals surface area contributed by atoms with Crippen LogP contribution in [0.25, 0.3) is 0 Å². The highest BCUT2D eigenvalue weighted by Crippen LogP contribution is 2.38. The number of nitrogens with zero attached hydrogens (tertiary/aromatic N) is 1. The van der Waals surface area contributed by atoms with Gasteiger partial charge in [0.2, 0.25) is 5.91 Å². The van der Waals surface area contributed by atoms with Gasteiger partial charge in [-0.05, 0) is 30.9 Å². The Morgan fingerprint density at radius 3 is 2.63 bits per heavy atom. The predicted octanol–water partition coefficient (Wildman–Crippen LogP) is 0.768. The van der Waals surface area contributed by atoms with Gasteiger partial charge in [-0.15, -0.1) is 0 Å². The molecule has 1 atom stereocenters. The standard InChI is InChI=1S/C14H16N2O3/c15-14(5-6-14)13(19)16-8-10(12(17)18)7-9-3-1-2-4-11(9)16/h1-4,10H,5-8,15H2,(H,17,18). The molecule has 1 fully saturated rings. The van der Waals surface area contributed by atoms with E-state index < -0.39 is 17.4 Å². The molecule has 0 radical (unpaired) electrons. The number of amides is 1. The second-order valence-corrected chi connectivity index (χ2v) is 5.44. The summed E-state index contributed by atoms with van der Waals surface area (Å²) >= 11 is 0. The van der Waals surface area contributed by atoms with E-state index in [4.69, 9.17) is 5.73 Å². The highest BCUT2D eigenvalue weighted by molar-refractivity contribution is 6.03. The van der Waals surface area contributed by atoms with Gasteiger partial charge in [0, 0.05) is 12.2 Å². The molecule has 1 heterocycles. The summed E-state index contributed by atoms with van der Waals surface area (Å²) < 4.78 is 0. The monoisotopic (exact) mass is 260 g/mol. The summed E-state index contributed by atoms with van der Waals surface area (Å²) in [5.41, 5.74) is 6.90. The molecular weight excluding hydrogens is 244 g/mol. The number of nitrogens with two attached hydrogens (primary N) is 1. The number of hydrogen-bond acceptors (Lipinski definition) is 3. The Kier molecular flexibility index (Phi) is 2.60. The van der Waals surface area contributed by atoms with E-state index in [0.717, 1.165) is 11.3 Å². The Hall–Kier alpha value is -1.88. The number of hydrogen-bond donors (Lipinski definition) is 2. The van der Waals surface area contributed by atoms with Crippen molar-refractivity contribution in [3.63, 3.8) is 0 Å². The summed E-state index contributed by atoms with van der Waals surface area (Å²) in [6, 6.07) is 7.45. The molecule has 3 N–H and O–H groups in total. The van der Waals surface area contributed by atoms with Crippen molar-refractivity contribution in [2.75, 3.05) is 11.4 Å². The van der Waals surface area contributed by atoms with Gasteiger partial charge in [0.25, 0.3) is 0 Å². The molecule has 3 rings (SSSR count). The molecule has 1 aromatic rings. The predicted molar refractivity (Wildman–Crippen MR) is 69.8 cm³/mol. The number of carbonyl (C=O) groups excluding carboxylic acids is 1. The fourth-order valence-electron chi connectivity index (χ4n) is 2.57. The van der Waals surface area contributed by atoms with Crippen LogP contribution in [0.5, 0.6) is 0 Å². The van der Waals surface area contributed by atoms with Crippen molar-refractivity contribution < 1.29 is 14.7 Å². The molecule has 0 bridgehead atoms. The number of carboxylic acids is 1. The zero-order valence-electron chi connectivity index (χ0n) is 10.5. The van der Waals surface area contributed by atoms with Crippen LogP contribution in [0.1, 0.15) is 18.4 Å².